The van der Waals surface area contributed by atoms with Gasteiger partial charge in [0.15, 0.2) is 0 Å². The van der Waals surface area contributed by atoms with Crippen LogP contribution in [0.25, 0.3) is 0 Å². The van der Waals surface area contributed by atoms with E-state index >= 15 is 0 Å². The first-order valence-electron chi connectivity index (χ1n) is 6.99. The highest BCUT2D eigenvalue weighted by molar-refractivity contribution is 6.21. The zero-order valence-corrected chi connectivity index (χ0v) is 12.9. The number of rotatable bonds is 3. The predicted molar refractivity (Wildman–Crippen MR) is 83.9 cm³/mol. The molecule has 0 spiro atoms. The van der Waals surface area contributed by atoms with Gasteiger partial charge in [-0.25, -0.2) is 0 Å². The zero-order chi connectivity index (χ0) is 14.3. The van der Waals surface area contributed by atoms with Crippen LogP contribution < -0.4 is 4.74 Å². The highest BCUT2D eigenvalue weighted by Gasteiger charge is 2.32. The minimum absolute atomic E-state index is 0.0354. The third kappa shape index (κ3) is 2.10. The highest BCUT2D eigenvalue weighted by Crippen LogP contribution is 2.47. The van der Waals surface area contributed by atoms with Crippen LogP contribution in [-0.2, 0) is 6.42 Å². The van der Waals surface area contributed by atoms with Gasteiger partial charge in [0.25, 0.3) is 0 Å². The van der Waals surface area contributed by atoms with Gasteiger partial charge in [-0.15, -0.1) is 11.6 Å². The van der Waals surface area contributed by atoms with E-state index in [0.717, 1.165) is 23.3 Å². The summed E-state index contributed by atoms with van der Waals surface area (Å²) in [5, 5.41) is 0.0354. The molecule has 2 heteroatoms. The smallest absolute Gasteiger partial charge is 0.124 e. The molecule has 0 amide bonds. The average molecular weight is 287 g/mol. The highest BCUT2D eigenvalue weighted by atomic mass is 35.5. The fourth-order valence-corrected chi connectivity index (χ4v) is 3.61. The number of hydrogen-bond acceptors (Lipinski definition) is 1. The molecule has 0 radical (unpaired) electrons. The van der Waals surface area contributed by atoms with Crippen molar-refractivity contribution in [3.8, 4) is 5.75 Å². The molecule has 104 valence electrons. The second kappa shape index (κ2) is 5.14. The number of benzene rings is 2. The molecule has 0 N–H and O–H groups in total. The van der Waals surface area contributed by atoms with Gasteiger partial charge in [-0.05, 0) is 48.1 Å². The van der Waals surface area contributed by atoms with Crippen LogP contribution in [0.3, 0.4) is 0 Å². The number of aryl methyl sites for hydroxylation is 2. The number of ether oxygens (including phenoxy) is 1. The first-order valence-corrected chi connectivity index (χ1v) is 7.42. The van der Waals surface area contributed by atoms with E-state index in [1.165, 1.54) is 16.7 Å². The normalized spacial score (nSPS) is 18.1. The summed E-state index contributed by atoms with van der Waals surface area (Å²) in [4.78, 5) is 0. The molecule has 0 saturated carbocycles. The lowest BCUT2D eigenvalue weighted by Crippen LogP contribution is -2.21. The van der Waals surface area contributed by atoms with Crippen LogP contribution in [0.15, 0.2) is 36.4 Å². The summed E-state index contributed by atoms with van der Waals surface area (Å²) >= 11 is 6.73. The van der Waals surface area contributed by atoms with Gasteiger partial charge in [0.2, 0.25) is 0 Å². The number of methoxy groups -OCH3 is 1. The van der Waals surface area contributed by atoms with Crippen molar-refractivity contribution in [2.45, 2.75) is 31.6 Å². The van der Waals surface area contributed by atoms with E-state index in [4.69, 9.17) is 16.3 Å². The fourth-order valence-electron chi connectivity index (χ4n) is 3.26. The van der Waals surface area contributed by atoms with Crippen LogP contribution >= 0.6 is 11.6 Å². The van der Waals surface area contributed by atoms with Gasteiger partial charge in [0.1, 0.15) is 5.75 Å². The molecule has 0 bridgehead atoms. The van der Waals surface area contributed by atoms with Crippen molar-refractivity contribution < 1.29 is 4.74 Å². The van der Waals surface area contributed by atoms with E-state index in [9.17, 15) is 0 Å². The first-order chi connectivity index (χ1) is 9.61. The quantitative estimate of drug-likeness (QED) is 0.727. The van der Waals surface area contributed by atoms with Crippen molar-refractivity contribution in [2.24, 2.45) is 0 Å². The Hall–Kier alpha value is -1.47. The Morgan fingerprint density at radius 3 is 2.40 bits per heavy atom. The van der Waals surface area contributed by atoms with Gasteiger partial charge in [-0.1, -0.05) is 36.4 Å². The lowest BCUT2D eigenvalue weighted by Gasteiger charge is -2.34. The Morgan fingerprint density at radius 1 is 1.15 bits per heavy atom. The molecule has 2 atom stereocenters. The van der Waals surface area contributed by atoms with Gasteiger partial charge in [-0.2, -0.15) is 0 Å². The van der Waals surface area contributed by atoms with Crippen LogP contribution in [0.4, 0.5) is 0 Å². The lowest BCUT2D eigenvalue weighted by atomic mass is 9.74. The van der Waals surface area contributed by atoms with Crippen LogP contribution in [0, 0.1) is 13.8 Å². The largest absolute Gasteiger partial charge is 0.496 e. The van der Waals surface area contributed by atoms with E-state index in [1.807, 2.05) is 0 Å². The summed E-state index contributed by atoms with van der Waals surface area (Å²) in [6.45, 7) is 4.15. The maximum atomic E-state index is 6.73. The summed E-state index contributed by atoms with van der Waals surface area (Å²) < 4.78 is 5.42. The molecule has 0 aliphatic heterocycles. The molecular weight excluding hydrogens is 268 g/mol. The molecule has 20 heavy (non-hydrogen) atoms. The summed E-state index contributed by atoms with van der Waals surface area (Å²) in [5.41, 5.74) is 6.34. The summed E-state index contributed by atoms with van der Waals surface area (Å²) in [6.07, 6.45) is 1.08. The number of halogens is 1. The van der Waals surface area contributed by atoms with Crippen molar-refractivity contribution in [3.63, 3.8) is 0 Å². The molecule has 1 aliphatic rings. The minimum Gasteiger partial charge on any atom is -0.496 e. The third-order valence-electron chi connectivity index (χ3n) is 4.25. The first kappa shape index (κ1) is 13.5. The Balaban J connectivity index is 1.91. The molecule has 0 fully saturated rings. The van der Waals surface area contributed by atoms with Crippen molar-refractivity contribution in [1.29, 1.82) is 0 Å². The Morgan fingerprint density at radius 2 is 1.80 bits per heavy atom. The Labute approximate surface area is 125 Å². The second-order valence-electron chi connectivity index (χ2n) is 5.60. The molecule has 1 nitrogen and oxygen atoms in total. The van der Waals surface area contributed by atoms with Crippen molar-refractivity contribution in [2.75, 3.05) is 7.11 Å². The monoisotopic (exact) mass is 286 g/mol. The Bertz CT molecular complexity index is 625. The summed E-state index contributed by atoms with van der Waals surface area (Å²) in [6, 6.07) is 12.9. The zero-order valence-electron chi connectivity index (χ0n) is 12.1. The molecule has 0 saturated heterocycles. The van der Waals surface area contributed by atoms with Crippen molar-refractivity contribution in [3.05, 3.63) is 64.2 Å². The van der Waals surface area contributed by atoms with Crippen LogP contribution in [-0.4, -0.2) is 7.11 Å². The standard InChI is InChI=1S/C18H19ClO/c1-11-8-14(9-12(2)18(11)20-3)17(19)16-10-13-6-4-5-7-15(13)16/h4-9,16-17H,10H2,1-3H3. The number of fused-ring (bicyclic) bond motifs is 1. The lowest BCUT2D eigenvalue weighted by molar-refractivity contribution is 0.408. The number of hydrogen-bond donors (Lipinski definition) is 0. The van der Waals surface area contributed by atoms with Gasteiger partial charge in [0, 0.05) is 5.92 Å². The van der Waals surface area contributed by atoms with Gasteiger partial charge in [0.05, 0.1) is 12.5 Å². The van der Waals surface area contributed by atoms with Gasteiger partial charge >= 0.3 is 0 Å². The summed E-state index contributed by atoms with van der Waals surface area (Å²) in [5.74, 6) is 1.40. The van der Waals surface area contributed by atoms with Gasteiger partial charge in [-0.3, -0.25) is 0 Å². The van der Waals surface area contributed by atoms with Crippen LogP contribution in [0.5, 0.6) is 5.75 Å². The topological polar surface area (TPSA) is 9.23 Å². The van der Waals surface area contributed by atoms with Crippen LogP contribution in [0.2, 0.25) is 0 Å². The van der Waals surface area contributed by atoms with E-state index in [1.54, 1.807) is 7.11 Å². The maximum absolute atomic E-state index is 6.73. The van der Waals surface area contributed by atoms with E-state index in [2.05, 4.69) is 50.2 Å². The van der Waals surface area contributed by atoms with Gasteiger partial charge < -0.3 is 4.74 Å². The molecule has 2 aromatic rings. The molecule has 2 unspecified atom stereocenters. The predicted octanol–water partition coefficient (Wildman–Crippen LogP) is 4.93. The van der Waals surface area contributed by atoms with Crippen LogP contribution in [0.1, 0.15) is 39.1 Å². The van der Waals surface area contributed by atoms with E-state index in [-0.39, 0.29) is 5.38 Å². The van der Waals surface area contributed by atoms with Crippen molar-refractivity contribution in [1.82, 2.24) is 0 Å². The van der Waals surface area contributed by atoms with E-state index in [0.29, 0.717) is 5.92 Å². The van der Waals surface area contributed by atoms with Crippen molar-refractivity contribution >= 4 is 11.6 Å². The Kier molecular flexibility index (Phi) is 3.47. The molecular formula is C18H19ClO. The van der Waals surface area contributed by atoms with E-state index < -0.39 is 0 Å². The number of alkyl halides is 1. The molecule has 2 aromatic carbocycles. The SMILES string of the molecule is COc1c(C)cc(C(Cl)C2Cc3ccccc32)cc1C. The maximum Gasteiger partial charge on any atom is 0.124 e. The minimum atomic E-state index is 0.0354. The molecule has 0 aromatic heterocycles. The summed E-state index contributed by atoms with van der Waals surface area (Å²) in [7, 11) is 1.72. The molecule has 3 rings (SSSR count). The second-order valence-corrected chi connectivity index (χ2v) is 6.07. The molecule has 1 aliphatic carbocycles. The third-order valence-corrected chi connectivity index (χ3v) is 4.81. The average Bonchev–Trinajstić information content (AvgIpc) is 2.39. The molecule has 0 heterocycles. The fraction of sp³-hybridized carbons (Fsp3) is 0.333.